The zero-order valence-corrected chi connectivity index (χ0v) is 10.5. The Labute approximate surface area is 103 Å². The normalized spacial score (nSPS) is 33.6. The van der Waals surface area contributed by atoms with Crippen molar-refractivity contribution in [2.24, 2.45) is 17.6 Å². The van der Waals surface area contributed by atoms with Gasteiger partial charge in [0, 0.05) is 19.1 Å². The van der Waals surface area contributed by atoms with Gasteiger partial charge in [-0.3, -0.25) is 4.79 Å². The fourth-order valence-electron chi connectivity index (χ4n) is 2.98. The molecular weight excluding hydrogens is 216 g/mol. The Kier molecular flexibility index (Phi) is 4.80. The second-order valence-corrected chi connectivity index (χ2v) is 5.27. The van der Waals surface area contributed by atoms with Crippen LogP contribution in [0.2, 0.25) is 0 Å². The highest BCUT2D eigenvalue weighted by atomic mass is 16.5. The third kappa shape index (κ3) is 3.42. The highest BCUT2D eigenvalue weighted by Crippen LogP contribution is 2.30. The lowest BCUT2D eigenvalue weighted by atomic mass is 9.95. The molecule has 2 fully saturated rings. The SMILES string of the molecule is NCC1CCCC1C(=O)NCC1CCCCO1. The molecule has 0 bridgehead atoms. The molecule has 1 aliphatic heterocycles. The monoisotopic (exact) mass is 240 g/mol. The van der Waals surface area contributed by atoms with E-state index in [-0.39, 0.29) is 17.9 Å². The van der Waals surface area contributed by atoms with E-state index in [9.17, 15) is 4.79 Å². The molecule has 1 saturated heterocycles. The van der Waals surface area contributed by atoms with Crippen molar-refractivity contribution in [3.8, 4) is 0 Å². The van der Waals surface area contributed by atoms with E-state index >= 15 is 0 Å². The summed E-state index contributed by atoms with van der Waals surface area (Å²) in [6.07, 6.45) is 6.92. The Balaban J connectivity index is 1.72. The molecule has 2 rings (SSSR count). The molecule has 0 aromatic carbocycles. The molecule has 3 atom stereocenters. The quantitative estimate of drug-likeness (QED) is 0.772. The molecule has 2 aliphatic rings. The van der Waals surface area contributed by atoms with E-state index in [0.717, 1.165) is 38.7 Å². The Morgan fingerprint density at radius 2 is 2.12 bits per heavy atom. The van der Waals surface area contributed by atoms with Crippen LogP contribution in [0, 0.1) is 11.8 Å². The minimum absolute atomic E-state index is 0.142. The number of hydrogen-bond acceptors (Lipinski definition) is 3. The molecule has 0 aromatic rings. The van der Waals surface area contributed by atoms with Gasteiger partial charge in [-0.25, -0.2) is 0 Å². The molecular formula is C13H24N2O2. The Morgan fingerprint density at radius 1 is 1.24 bits per heavy atom. The van der Waals surface area contributed by atoms with Crippen molar-refractivity contribution < 1.29 is 9.53 Å². The van der Waals surface area contributed by atoms with E-state index < -0.39 is 0 Å². The first-order valence-electron chi connectivity index (χ1n) is 6.90. The highest BCUT2D eigenvalue weighted by molar-refractivity contribution is 5.79. The molecule has 4 heteroatoms. The van der Waals surface area contributed by atoms with Gasteiger partial charge in [0.1, 0.15) is 0 Å². The van der Waals surface area contributed by atoms with Crippen LogP contribution in [0.1, 0.15) is 38.5 Å². The van der Waals surface area contributed by atoms with Crippen LogP contribution in [-0.4, -0.2) is 31.7 Å². The van der Waals surface area contributed by atoms with Crippen LogP contribution in [0.3, 0.4) is 0 Å². The first-order valence-corrected chi connectivity index (χ1v) is 6.90. The van der Waals surface area contributed by atoms with Gasteiger partial charge in [-0.2, -0.15) is 0 Å². The lowest BCUT2D eigenvalue weighted by molar-refractivity contribution is -0.126. The molecule has 0 radical (unpaired) electrons. The second-order valence-electron chi connectivity index (χ2n) is 5.27. The van der Waals surface area contributed by atoms with Gasteiger partial charge in [-0.1, -0.05) is 6.42 Å². The average Bonchev–Trinajstić information content (AvgIpc) is 2.85. The molecule has 3 unspecified atom stereocenters. The van der Waals surface area contributed by atoms with Gasteiger partial charge >= 0.3 is 0 Å². The summed E-state index contributed by atoms with van der Waals surface area (Å²) in [5, 5.41) is 3.04. The minimum Gasteiger partial charge on any atom is -0.376 e. The van der Waals surface area contributed by atoms with Gasteiger partial charge < -0.3 is 15.8 Å². The molecule has 0 aromatic heterocycles. The van der Waals surface area contributed by atoms with Crippen LogP contribution in [0.15, 0.2) is 0 Å². The van der Waals surface area contributed by atoms with E-state index in [2.05, 4.69) is 5.32 Å². The van der Waals surface area contributed by atoms with E-state index in [1.165, 1.54) is 6.42 Å². The molecule has 1 heterocycles. The smallest absolute Gasteiger partial charge is 0.223 e. The number of ether oxygens (including phenoxy) is 1. The zero-order valence-electron chi connectivity index (χ0n) is 10.5. The second kappa shape index (κ2) is 6.36. The third-order valence-corrected chi connectivity index (χ3v) is 4.08. The fourth-order valence-corrected chi connectivity index (χ4v) is 2.98. The maximum atomic E-state index is 12.0. The van der Waals surface area contributed by atoms with Crippen LogP contribution in [0.25, 0.3) is 0 Å². The van der Waals surface area contributed by atoms with Crippen LogP contribution in [0.5, 0.6) is 0 Å². The molecule has 3 N–H and O–H groups in total. The topological polar surface area (TPSA) is 64.4 Å². The largest absolute Gasteiger partial charge is 0.376 e. The Hall–Kier alpha value is -0.610. The Bertz CT molecular complexity index is 252. The van der Waals surface area contributed by atoms with Crippen LogP contribution < -0.4 is 11.1 Å². The summed E-state index contributed by atoms with van der Waals surface area (Å²) in [4.78, 5) is 12.0. The summed E-state index contributed by atoms with van der Waals surface area (Å²) >= 11 is 0. The molecule has 1 aliphatic carbocycles. The van der Waals surface area contributed by atoms with Crippen LogP contribution in [0.4, 0.5) is 0 Å². The lowest BCUT2D eigenvalue weighted by Crippen LogP contribution is -2.40. The van der Waals surface area contributed by atoms with Crippen LogP contribution >= 0.6 is 0 Å². The number of rotatable bonds is 4. The number of hydrogen-bond donors (Lipinski definition) is 2. The third-order valence-electron chi connectivity index (χ3n) is 4.08. The van der Waals surface area contributed by atoms with E-state index in [1.807, 2.05) is 0 Å². The predicted molar refractivity (Wildman–Crippen MR) is 66.5 cm³/mol. The summed E-state index contributed by atoms with van der Waals surface area (Å²) in [5.41, 5.74) is 5.70. The highest BCUT2D eigenvalue weighted by Gasteiger charge is 2.32. The molecule has 98 valence electrons. The number of nitrogens with two attached hydrogens (primary N) is 1. The van der Waals surface area contributed by atoms with E-state index in [0.29, 0.717) is 19.0 Å². The van der Waals surface area contributed by atoms with Crippen molar-refractivity contribution in [3.05, 3.63) is 0 Å². The van der Waals surface area contributed by atoms with Crippen molar-refractivity contribution in [2.45, 2.75) is 44.6 Å². The predicted octanol–water partition coefficient (Wildman–Crippen LogP) is 1.05. The minimum atomic E-state index is 0.142. The molecule has 4 nitrogen and oxygen atoms in total. The fraction of sp³-hybridized carbons (Fsp3) is 0.923. The van der Waals surface area contributed by atoms with Crippen molar-refractivity contribution in [2.75, 3.05) is 19.7 Å². The summed E-state index contributed by atoms with van der Waals surface area (Å²) in [5.74, 6) is 0.720. The standard InChI is InChI=1S/C13H24N2O2/c14-8-10-4-3-6-12(10)13(16)15-9-11-5-1-2-7-17-11/h10-12H,1-9,14H2,(H,15,16). The molecule has 1 amide bonds. The summed E-state index contributed by atoms with van der Waals surface area (Å²) in [7, 11) is 0. The summed E-state index contributed by atoms with van der Waals surface area (Å²) < 4.78 is 5.60. The van der Waals surface area contributed by atoms with Crippen molar-refractivity contribution in [1.29, 1.82) is 0 Å². The lowest BCUT2D eigenvalue weighted by Gasteiger charge is -2.24. The van der Waals surface area contributed by atoms with Crippen LogP contribution in [-0.2, 0) is 9.53 Å². The maximum Gasteiger partial charge on any atom is 0.223 e. The van der Waals surface area contributed by atoms with Crippen molar-refractivity contribution >= 4 is 5.91 Å². The average molecular weight is 240 g/mol. The summed E-state index contributed by atoms with van der Waals surface area (Å²) in [6, 6.07) is 0. The maximum absolute atomic E-state index is 12.0. The van der Waals surface area contributed by atoms with Gasteiger partial charge in [0.2, 0.25) is 5.91 Å². The first kappa shape index (κ1) is 12.8. The van der Waals surface area contributed by atoms with Crippen molar-refractivity contribution in [1.82, 2.24) is 5.32 Å². The molecule has 0 spiro atoms. The zero-order chi connectivity index (χ0) is 12.1. The number of carbonyl (C=O) groups is 1. The van der Waals surface area contributed by atoms with Gasteiger partial charge in [-0.15, -0.1) is 0 Å². The van der Waals surface area contributed by atoms with Gasteiger partial charge in [0.25, 0.3) is 0 Å². The number of nitrogens with one attached hydrogen (secondary N) is 1. The first-order chi connectivity index (χ1) is 8.31. The van der Waals surface area contributed by atoms with E-state index in [1.54, 1.807) is 0 Å². The molecule has 1 saturated carbocycles. The van der Waals surface area contributed by atoms with Gasteiger partial charge in [0.15, 0.2) is 0 Å². The van der Waals surface area contributed by atoms with Gasteiger partial charge in [0.05, 0.1) is 6.10 Å². The molecule has 17 heavy (non-hydrogen) atoms. The number of amides is 1. The Morgan fingerprint density at radius 3 is 2.82 bits per heavy atom. The van der Waals surface area contributed by atoms with Crippen molar-refractivity contribution in [3.63, 3.8) is 0 Å². The summed E-state index contributed by atoms with van der Waals surface area (Å²) in [6.45, 7) is 2.15. The number of carbonyl (C=O) groups excluding carboxylic acids is 1. The van der Waals surface area contributed by atoms with Gasteiger partial charge in [-0.05, 0) is 44.6 Å². The van der Waals surface area contributed by atoms with E-state index in [4.69, 9.17) is 10.5 Å².